The minimum Gasteiger partial charge on any atom is -0.384 e. The third-order valence-corrected chi connectivity index (χ3v) is 8.89. The van der Waals surface area contributed by atoms with Crippen molar-refractivity contribution in [1.29, 1.82) is 0 Å². The fourth-order valence-electron chi connectivity index (χ4n) is 5.15. The van der Waals surface area contributed by atoms with E-state index < -0.39 is 15.9 Å². The SMILES string of the molecule is Cc1cc(-c2ccc(C(=O)NS(=O)(=O)c3cccc(N)n3)c(N3CCC(C)C3(C)C)n2)cnc1N(C)CC(C)C. The molecule has 0 aliphatic carbocycles. The third-order valence-electron chi connectivity index (χ3n) is 7.66. The molecule has 0 aromatic carbocycles. The number of carbonyl (C=O) groups excluding carboxylic acids is 1. The quantitative estimate of drug-likeness (QED) is 0.411. The molecule has 0 radical (unpaired) electrons. The first-order valence-corrected chi connectivity index (χ1v) is 15.0. The molecule has 1 atom stereocenters. The molecule has 3 aromatic rings. The van der Waals surface area contributed by atoms with Gasteiger partial charge in [-0.2, -0.15) is 8.42 Å². The maximum atomic E-state index is 13.5. The second-order valence-electron chi connectivity index (χ2n) is 11.5. The van der Waals surface area contributed by atoms with Crippen LogP contribution in [-0.4, -0.2) is 55.0 Å². The molecule has 11 heteroatoms. The number of carbonyl (C=O) groups is 1. The van der Waals surface area contributed by atoms with Gasteiger partial charge in [-0.1, -0.05) is 26.8 Å². The standard InChI is InChI=1S/C29H39N7O3S/c1-18(2)17-35(7)26-19(3)15-21(16-31-26)23-12-11-22(27(32-23)36-14-13-20(4)29(36,5)6)28(37)34-40(38,39)25-10-8-9-24(30)33-25/h8-12,15-16,18,20H,13-14,17H2,1-7H3,(H2,30,33)(H,34,37). The average Bonchev–Trinajstić information content (AvgIpc) is 3.14. The number of pyridine rings is 3. The van der Waals surface area contributed by atoms with E-state index in [1.807, 2.05) is 20.0 Å². The molecule has 4 rings (SSSR count). The Hall–Kier alpha value is -3.73. The average molecular weight is 566 g/mol. The Labute approximate surface area is 237 Å². The molecule has 0 bridgehead atoms. The third kappa shape index (κ3) is 5.89. The first-order valence-electron chi connectivity index (χ1n) is 13.5. The van der Waals surface area contributed by atoms with Crippen LogP contribution >= 0.6 is 0 Å². The van der Waals surface area contributed by atoms with Gasteiger partial charge in [0.05, 0.1) is 11.3 Å². The van der Waals surface area contributed by atoms with Crippen molar-refractivity contribution in [2.75, 3.05) is 35.7 Å². The minimum absolute atomic E-state index is 0.0418. The molecule has 1 amide bonds. The molecular weight excluding hydrogens is 526 g/mol. The van der Waals surface area contributed by atoms with Crippen LogP contribution in [0.15, 0.2) is 47.6 Å². The predicted molar refractivity (Wildman–Crippen MR) is 159 cm³/mol. The van der Waals surface area contributed by atoms with Crippen LogP contribution < -0.4 is 20.3 Å². The number of nitrogen functional groups attached to an aromatic ring is 1. The summed E-state index contributed by atoms with van der Waals surface area (Å²) in [4.78, 5) is 31.2. The molecule has 0 saturated carbocycles. The van der Waals surface area contributed by atoms with E-state index in [9.17, 15) is 13.2 Å². The van der Waals surface area contributed by atoms with E-state index in [2.05, 4.69) is 54.1 Å². The highest BCUT2D eigenvalue weighted by Gasteiger charge is 2.41. The second-order valence-corrected chi connectivity index (χ2v) is 13.2. The van der Waals surface area contributed by atoms with E-state index in [0.717, 1.165) is 29.9 Å². The highest BCUT2D eigenvalue weighted by Crippen LogP contribution is 2.39. The maximum Gasteiger partial charge on any atom is 0.281 e. The highest BCUT2D eigenvalue weighted by molar-refractivity contribution is 7.90. The minimum atomic E-state index is -4.25. The molecule has 1 fully saturated rings. The molecule has 40 heavy (non-hydrogen) atoms. The molecule has 0 spiro atoms. The van der Waals surface area contributed by atoms with E-state index in [1.54, 1.807) is 18.3 Å². The zero-order valence-electron chi connectivity index (χ0n) is 24.3. The van der Waals surface area contributed by atoms with Crippen LogP contribution in [0.4, 0.5) is 17.5 Å². The zero-order chi connectivity index (χ0) is 29.4. The first-order chi connectivity index (χ1) is 18.7. The van der Waals surface area contributed by atoms with Crippen LogP contribution in [-0.2, 0) is 10.0 Å². The Bertz CT molecular complexity index is 1520. The van der Waals surface area contributed by atoms with Crippen LogP contribution in [0.5, 0.6) is 0 Å². The van der Waals surface area contributed by atoms with E-state index in [1.165, 1.54) is 18.2 Å². The molecule has 3 N–H and O–H groups in total. The lowest BCUT2D eigenvalue weighted by molar-refractivity contribution is 0.0981. The van der Waals surface area contributed by atoms with Gasteiger partial charge in [0.15, 0.2) is 5.03 Å². The largest absolute Gasteiger partial charge is 0.384 e. The van der Waals surface area contributed by atoms with Crippen molar-refractivity contribution in [3.63, 3.8) is 0 Å². The van der Waals surface area contributed by atoms with Crippen molar-refractivity contribution < 1.29 is 13.2 Å². The van der Waals surface area contributed by atoms with Crippen molar-refractivity contribution in [2.24, 2.45) is 11.8 Å². The van der Waals surface area contributed by atoms with Crippen LogP contribution in [0.1, 0.15) is 57.0 Å². The smallest absolute Gasteiger partial charge is 0.281 e. The van der Waals surface area contributed by atoms with Gasteiger partial charge in [0.2, 0.25) is 0 Å². The van der Waals surface area contributed by atoms with Gasteiger partial charge in [0.25, 0.3) is 15.9 Å². The summed E-state index contributed by atoms with van der Waals surface area (Å²) in [6.45, 7) is 14.3. The van der Waals surface area contributed by atoms with Gasteiger partial charge in [-0.05, 0) is 74.9 Å². The van der Waals surface area contributed by atoms with E-state index in [0.29, 0.717) is 29.9 Å². The van der Waals surface area contributed by atoms with Crippen LogP contribution in [0.2, 0.25) is 0 Å². The Morgan fingerprint density at radius 1 is 1.23 bits per heavy atom. The molecular formula is C29H39N7O3S. The lowest BCUT2D eigenvalue weighted by Crippen LogP contribution is -2.43. The lowest BCUT2D eigenvalue weighted by Gasteiger charge is -2.36. The summed E-state index contributed by atoms with van der Waals surface area (Å²) < 4.78 is 28.1. The van der Waals surface area contributed by atoms with Gasteiger partial charge in [-0.15, -0.1) is 0 Å². The summed E-state index contributed by atoms with van der Waals surface area (Å²) in [7, 11) is -2.22. The van der Waals surface area contributed by atoms with Crippen molar-refractivity contribution in [3.05, 3.63) is 53.7 Å². The van der Waals surface area contributed by atoms with Crippen molar-refractivity contribution in [2.45, 2.75) is 58.5 Å². The molecule has 214 valence electrons. The Morgan fingerprint density at radius 2 is 1.95 bits per heavy atom. The molecule has 1 aliphatic heterocycles. The molecule has 1 saturated heterocycles. The fraction of sp³-hybridized carbons (Fsp3) is 0.448. The summed E-state index contributed by atoms with van der Waals surface area (Å²) in [5.41, 5.74) is 8.01. The van der Waals surface area contributed by atoms with Crippen molar-refractivity contribution in [1.82, 2.24) is 19.7 Å². The predicted octanol–water partition coefficient (Wildman–Crippen LogP) is 4.26. The van der Waals surface area contributed by atoms with Crippen LogP contribution in [0.25, 0.3) is 11.3 Å². The monoisotopic (exact) mass is 565 g/mol. The normalized spacial score (nSPS) is 16.8. The van der Waals surface area contributed by atoms with Gasteiger partial charge in [0, 0.05) is 37.4 Å². The number of nitrogens with two attached hydrogens (primary N) is 1. The summed E-state index contributed by atoms with van der Waals surface area (Å²) in [5.74, 6) is 1.43. The number of nitrogens with one attached hydrogen (secondary N) is 1. The molecule has 1 aliphatic rings. The summed E-state index contributed by atoms with van der Waals surface area (Å²) in [6.07, 6.45) is 2.71. The summed E-state index contributed by atoms with van der Waals surface area (Å²) >= 11 is 0. The van der Waals surface area contributed by atoms with Crippen molar-refractivity contribution >= 4 is 33.4 Å². The number of aryl methyl sites for hydroxylation is 1. The number of rotatable bonds is 8. The number of amides is 1. The zero-order valence-corrected chi connectivity index (χ0v) is 25.1. The van der Waals surface area contributed by atoms with Gasteiger partial charge in [-0.25, -0.2) is 19.7 Å². The van der Waals surface area contributed by atoms with E-state index in [4.69, 9.17) is 15.7 Å². The number of hydrogen-bond acceptors (Lipinski definition) is 9. The van der Waals surface area contributed by atoms with Gasteiger partial charge < -0.3 is 15.5 Å². The number of nitrogens with zero attached hydrogens (tertiary/aromatic N) is 5. The van der Waals surface area contributed by atoms with Crippen LogP contribution in [0.3, 0.4) is 0 Å². The Kier molecular flexibility index (Phi) is 8.07. The highest BCUT2D eigenvalue weighted by atomic mass is 32.2. The Morgan fingerprint density at radius 3 is 2.55 bits per heavy atom. The number of sulfonamides is 1. The topological polar surface area (TPSA) is 134 Å². The molecule has 3 aromatic heterocycles. The Balaban J connectivity index is 1.75. The molecule has 1 unspecified atom stereocenters. The van der Waals surface area contributed by atoms with E-state index >= 15 is 0 Å². The number of hydrogen-bond donors (Lipinski definition) is 2. The first kappa shape index (κ1) is 29.3. The van der Waals surface area contributed by atoms with Gasteiger partial charge >= 0.3 is 0 Å². The maximum absolute atomic E-state index is 13.5. The van der Waals surface area contributed by atoms with E-state index in [-0.39, 0.29) is 21.9 Å². The summed E-state index contributed by atoms with van der Waals surface area (Å²) in [6, 6.07) is 9.63. The van der Waals surface area contributed by atoms with Gasteiger partial charge in [-0.3, -0.25) is 4.79 Å². The fourth-order valence-corrected chi connectivity index (χ4v) is 6.09. The van der Waals surface area contributed by atoms with Crippen molar-refractivity contribution in [3.8, 4) is 11.3 Å². The number of aromatic nitrogens is 3. The summed E-state index contributed by atoms with van der Waals surface area (Å²) in [5, 5.41) is -0.328. The molecule has 4 heterocycles. The number of anilines is 3. The lowest BCUT2D eigenvalue weighted by atomic mass is 9.90. The molecule has 10 nitrogen and oxygen atoms in total. The van der Waals surface area contributed by atoms with Gasteiger partial charge in [0.1, 0.15) is 17.5 Å². The van der Waals surface area contributed by atoms with Crippen LogP contribution in [0, 0.1) is 18.8 Å². The second kappa shape index (κ2) is 11.0.